The molecule has 2 aliphatic rings. The van der Waals surface area contributed by atoms with Gasteiger partial charge in [0.05, 0.1) is 18.9 Å². The first-order chi connectivity index (χ1) is 12.7. The summed E-state index contributed by atoms with van der Waals surface area (Å²) in [5.41, 5.74) is 0.531. The third-order valence-corrected chi connectivity index (χ3v) is 5.49. The van der Waals surface area contributed by atoms with Gasteiger partial charge in [-0.3, -0.25) is 9.78 Å². The first-order valence-electron chi connectivity index (χ1n) is 8.88. The van der Waals surface area contributed by atoms with Crippen molar-refractivity contribution in [3.63, 3.8) is 0 Å². The number of ether oxygens (including phenoxy) is 2. The molecule has 2 atom stereocenters. The number of nitrogens with zero attached hydrogens (tertiary/aromatic N) is 2. The zero-order valence-electron chi connectivity index (χ0n) is 14.6. The molecule has 0 saturated carbocycles. The van der Waals surface area contributed by atoms with Crippen molar-refractivity contribution in [2.24, 2.45) is 0 Å². The molecular formula is C20H21ClN2O3. The maximum Gasteiger partial charge on any atom is 0.258 e. The highest BCUT2D eigenvalue weighted by Crippen LogP contribution is 2.39. The molecule has 26 heavy (non-hydrogen) atoms. The Hall–Kier alpha value is -2.27. The number of benzene rings is 1. The SMILES string of the molecule is COc1ccc(Cl)cc1C(=O)N1C2CCC1CC(Oc1cccnc1)C2. The van der Waals surface area contributed by atoms with Crippen molar-refractivity contribution in [1.29, 1.82) is 0 Å². The summed E-state index contributed by atoms with van der Waals surface area (Å²) in [4.78, 5) is 19.3. The van der Waals surface area contributed by atoms with E-state index in [1.165, 1.54) is 0 Å². The van der Waals surface area contributed by atoms with E-state index in [1.807, 2.05) is 17.0 Å². The van der Waals surface area contributed by atoms with Gasteiger partial charge in [-0.25, -0.2) is 0 Å². The number of carbonyl (C=O) groups excluding carboxylic acids is 1. The molecule has 0 N–H and O–H groups in total. The number of aromatic nitrogens is 1. The molecule has 5 nitrogen and oxygen atoms in total. The molecule has 2 saturated heterocycles. The second kappa shape index (κ2) is 7.16. The zero-order chi connectivity index (χ0) is 18.1. The van der Waals surface area contributed by atoms with Gasteiger partial charge in [0.15, 0.2) is 0 Å². The van der Waals surface area contributed by atoms with Crippen LogP contribution < -0.4 is 9.47 Å². The van der Waals surface area contributed by atoms with E-state index in [1.54, 1.807) is 37.7 Å². The van der Waals surface area contributed by atoms with Gasteiger partial charge >= 0.3 is 0 Å². The number of carbonyl (C=O) groups is 1. The molecule has 2 aliphatic heterocycles. The van der Waals surface area contributed by atoms with Crippen molar-refractivity contribution in [1.82, 2.24) is 9.88 Å². The van der Waals surface area contributed by atoms with Gasteiger partial charge in [0.1, 0.15) is 17.6 Å². The van der Waals surface area contributed by atoms with Gasteiger partial charge < -0.3 is 14.4 Å². The van der Waals surface area contributed by atoms with Crippen LogP contribution in [0.1, 0.15) is 36.0 Å². The Morgan fingerprint density at radius 1 is 1.23 bits per heavy atom. The Labute approximate surface area is 157 Å². The standard InChI is InChI=1S/C20H21ClN2O3/c1-25-19-7-4-13(21)9-18(19)20(24)23-14-5-6-15(23)11-17(10-14)26-16-3-2-8-22-12-16/h2-4,7-9,12,14-15,17H,5-6,10-11H2,1H3. The fourth-order valence-corrected chi connectivity index (χ4v) is 4.32. The van der Waals surface area contributed by atoms with Crippen LogP contribution in [0, 0.1) is 0 Å². The first-order valence-corrected chi connectivity index (χ1v) is 9.26. The fraction of sp³-hybridized carbons (Fsp3) is 0.400. The minimum absolute atomic E-state index is 0.00308. The predicted molar refractivity (Wildman–Crippen MR) is 98.9 cm³/mol. The average molecular weight is 373 g/mol. The van der Waals surface area contributed by atoms with E-state index in [0.717, 1.165) is 31.4 Å². The minimum Gasteiger partial charge on any atom is -0.496 e. The van der Waals surface area contributed by atoms with E-state index in [0.29, 0.717) is 16.3 Å². The summed E-state index contributed by atoms with van der Waals surface area (Å²) < 4.78 is 11.5. The smallest absolute Gasteiger partial charge is 0.258 e. The molecule has 2 fully saturated rings. The van der Waals surface area contributed by atoms with E-state index >= 15 is 0 Å². The largest absolute Gasteiger partial charge is 0.496 e. The third-order valence-electron chi connectivity index (χ3n) is 5.25. The topological polar surface area (TPSA) is 51.7 Å². The van der Waals surface area contributed by atoms with Crippen molar-refractivity contribution in [2.45, 2.75) is 43.9 Å². The second-order valence-electron chi connectivity index (χ2n) is 6.84. The van der Waals surface area contributed by atoms with Crippen molar-refractivity contribution >= 4 is 17.5 Å². The fourth-order valence-electron chi connectivity index (χ4n) is 4.15. The summed E-state index contributed by atoms with van der Waals surface area (Å²) in [6, 6.07) is 9.34. The number of methoxy groups -OCH3 is 1. The summed E-state index contributed by atoms with van der Waals surface area (Å²) in [6.45, 7) is 0. The lowest BCUT2D eigenvalue weighted by atomic mass is 9.98. The number of amides is 1. The Morgan fingerprint density at radius 2 is 2.00 bits per heavy atom. The first kappa shape index (κ1) is 17.2. The van der Waals surface area contributed by atoms with Crippen LogP contribution in [0.4, 0.5) is 0 Å². The Kier molecular flexibility index (Phi) is 4.72. The number of pyridine rings is 1. The van der Waals surface area contributed by atoms with Gasteiger partial charge in [-0.15, -0.1) is 0 Å². The summed E-state index contributed by atoms with van der Waals surface area (Å²) >= 11 is 6.11. The highest BCUT2D eigenvalue weighted by Gasteiger charge is 2.44. The average Bonchev–Trinajstić information content (AvgIpc) is 2.92. The van der Waals surface area contributed by atoms with Crippen LogP contribution in [0.3, 0.4) is 0 Å². The number of fused-ring (bicyclic) bond motifs is 2. The lowest BCUT2D eigenvalue weighted by Crippen LogP contribution is -2.49. The van der Waals surface area contributed by atoms with E-state index in [-0.39, 0.29) is 24.1 Å². The molecule has 1 amide bonds. The van der Waals surface area contributed by atoms with Crippen LogP contribution >= 0.6 is 11.6 Å². The molecule has 3 heterocycles. The van der Waals surface area contributed by atoms with Gasteiger partial charge in [-0.1, -0.05) is 11.6 Å². The number of halogens is 1. The molecule has 2 aromatic rings. The molecule has 0 radical (unpaired) electrons. The number of piperidine rings is 1. The van der Waals surface area contributed by atoms with E-state index in [9.17, 15) is 4.79 Å². The Balaban J connectivity index is 1.52. The lowest BCUT2D eigenvalue weighted by molar-refractivity contribution is 0.0355. The summed E-state index contributed by atoms with van der Waals surface area (Å²) in [6.07, 6.45) is 7.26. The molecule has 6 heteroatoms. The van der Waals surface area contributed by atoms with Crippen LogP contribution in [-0.4, -0.2) is 41.1 Å². The summed E-state index contributed by atoms with van der Waals surface area (Å²) in [5, 5.41) is 0.538. The molecule has 0 spiro atoms. The Bertz CT molecular complexity index is 785. The number of rotatable bonds is 4. The zero-order valence-corrected chi connectivity index (χ0v) is 15.4. The Morgan fingerprint density at radius 3 is 2.65 bits per heavy atom. The van der Waals surface area contributed by atoms with Gasteiger partial charge in [-0.2, -0.15) is 0 Å². The highest BCUT2D eigenvalue weighted by molar-refractivity contribution is 6.31. The molecule has 136 valence electrons. The monoisotopic (exact) mass is 372 g/mol. The molecule has 1 aromatic heterocycles. The third kappa shape index (κ3) is 3.23. The van der Waals surface area contributed by atoms with E-state index in [2.05, 4.69) is 4.98 Å². The molecule has 1 aromatic carbocycles. The number of hydrogen-bond donors (Lipinski definition) is 0. The van der Waals surface area contributed by atoms with Crippen molar-refractivity contribution < 1.29 is 14.3 Å². The predicted octanol–water partition coefficient (Wildman–Crippen LogP) is 3.96. The van der Waals surface area contributed by atoms with Gasteiger partial charge in [0.2, 0.25) is 0 Å². The van der Waals surface area contributed by atoms with Crippen LogP contribution in [0.15, 0.2) is 42.7 Å². The quantitative estimate of drug-likeness (QED) is 0.815. The molecule has 2 bridgehead atoms. The molecule has 0 aliphatic carbocycles. The lowest BCUT2D eigenvalue weighted by Gasteiger charge is -2.39. The van der Waals surface area contributed by atoms with E-state index < -0.39 is 0 Å². The van der Waals surface area contributed by atoms with Crippen molar-refractivity contribution in [3.05, 3.63) is 53.3 Å². The van der Waals surface area contributed by atoms with Gasteiger partial charge in [-0.05, 0) is 43.2 Å². The normalized spacial score (nSPS) is 24.4. The minimum atomic E-state index is -0.00308. The highest BCUT2D eigenvalue weighted by atomic mass is 35.5. The van der Waals surface area contributed by atoms with Crippen molar-refractivity contribution in [2.75, 3.05) is 7.11 Å². The number of hydrogen-bond acceptors (Lipinski definition) is 4. The molecular weight excluding hydrogens is 352 g/mol. The molecule has 4 rings (SSSR count). The maximum atomic E-state index is 13.2. The van der Waals surface area contributed by atoms with Crippen LogP contribution in [0.2, 0.25) is 5.02 Å². The van der Waals surface area contributed by atoms with E-state index in [4.69, 9.17) is 21.1 Å². The molecule has 2 unspecified atom stereocenters. The van der Waals surface area contributed by atoms with Gasteiger partial charge in [0.25, 0.3) is 5.91 Å². The van der Waals surface area contributed by atoms with Crippen LogP contribution in [0.25, 0.3) is 0 Å². The summed E-state index contributed by atoms with van der Waals surface area (Å²) in [5.74, 6) is 1.34. The van der Waals surface area contributed by atoms with Crippen LogP contribution in [-0.2, 0) is 0 Å². The van der Waals surface area contributed by atoms with Crippen molar-refractivity contribution in [3.8, 4) is 11.5 Å². The van der Waals surface area contributed by atoms with Crippen LogP contribution in [0.5, 0.6) is 11.5 Å². The van der Waals surface area contributed by atoms with Gasteiger partial charge in [0, 0.05) is 36.1 Å². The second-order valence-corrected chi connectivity index (χ2v) is 7.28. The maximum absolute atomic E-state index is 13.2. The summed E-state index contributed by atoms with van der Waals surface area (Å²) in [7, 11) is 1.57.